The van der Waals surface area contributed by atoms with E-state index in [1.807, 2.05) is 12.1 Å². The van der Waals surface area contributed by atoms with E-state index in [2.05, 4.69) is 27.7 Å². The second kappa shape index (κ2) is 10.1. The molecule has 6 unspecified atom stereocenters. The minimum atomic E-state index is -0.889. The van der Waals surface area contributed by atoms with E-state index in [1.165, 1.54) is 25.7 Å². The summed E-state index contributed by atoms with van der Waals surface area (Å²) < 4.78 is 0. The first-order valence-corrected chi connectivity index (χ1v) is 16.3. The van der Waals surface area contributed by atoms with Crippen molar-refractivity contribution in [3.8, 4) is 0 Å². The van der Waals surface area contributed by atoms with Crippen molar-refractivity contribution in [3.63, 3.8) is 0 Å². The van der Waals surface area contributed by atoms with Gasteiger partial charge in [0.25, 0.3) is 0 Å². The lowest BCUT2D eigenvalue weighted by Crippen LogP contribution is -2.62. The summed E-state index contributed by atoms with van der Waals surface area (Å²) in [6.07, 6.45) is 10.1. The number of rotatable bonds is 6. The number of carboxylic acids is 1. The van der Waals surface area contributed by atoms with Gasteiger partial charge in [-0.05, 0) is 134 Å². The molecule has 1 aromatic carbocycles. The third-order valence-corrected chi connectivity index (χ3v) is 13.7. The van der Waals surface area contributed by atoms with Crippen molar-refractivity contribution in [3.05, 3.63) is 35.4 Å². The van der Waals surface area contributed by atoms with Gasteiger partial charge in [-0.2, -0.15) is 0 Å². The Labute approximate surface area is 240 Å². The number of carboxylic acid groups (broad SMARTS) is 1. The van der Waals surface area contributed by atoms with Crippen LogP contribution in [0, 0.1) is 52.3 Å². The molecular weight excluding hydrogens is 500 g/mol. The fraction of sp³-hybridized carbons (Fsp3) is 0.800. The molecule has 0 spiro atoms. The molecule has 40 heavy (non-hydrogen) atoms. The molecule has 5 aliphatic rings. The Kier molecular flexibility index (Phi) is 7.23. The van der Waals surface area contributed by atoms with Crippen molar-refractivity contribution >= 4 is 5.97 Å². The molecule has 11 atom stereocenters. The van der Waals surface area contributed by atoms with Gasteiger partial charge in [-0.3, -0.25) is 0 Å². The van der Waals surface area contributed by atoms with E-state index in [4.69, 9.17) is 0 Å². The Bertz CT molecular complexity index is 1110. The van der Waals surface area contributed by atoms with Gasteiger partial charge in [0.15, 0.2) is 0 Å². The SMILES string of the molecule is CC[C@@H]1C2C[C@H](O)CCC2(C)C2CCC3(C)C(CC[C@@H]3[C@H](C)CC3(O)CC(c4ccccc4C(=O)O)C3)C2[C@@H]1O. The Morgan fingerprint density at radius 3 is 2.35 bits per heavy atom. The summed E-state index contributed by atoms with van der Waals surface area (Å²) in [5.74, 6) is 2.27. The molecule has 5 heteroatoms. The first kappa shape index (κ1) is 28.7. The Morgan fingerprint density at radius 1 is 0.975 bits per heavy atom. The zero-order valence-corrected chi connectivity index (χ0v) is 25.1. The molecule has 0 amide bonds. The van der Waals surface area contributed by atoms with Crippen LogP contribution < -0.4 is 0 Å². The summed E-state index contributed by atoms with van der Waals surface area (Å²) in [6.45, 7) is 9.58. The van der Waals surface area contributed by atoms with Gasteiger partial charge < -0.3 is 20.4 Å². The van der Waals surface area contributed by atoms with Crippen LogP contribution in [0.1, 0.15) is 120 Å². The van der Waals surface area contributed by atoms with E-state index >= 15 is 0 Å². The van der Waals surface area contributed by atoms with Crippen LogP contribution in [0.4, 0.5) is 0 Å². The maximum atomic E-state index is 12.0. The van der Waals surface area contributed by atoms with Gasteiger partial charge in [0.05, 0.1) is 23.4 Å². The molecule has 0 heterocycles. The zero-order chi connectivity index (χ0) is 28.6. The maximum Gasteiger partial charge on any atom is 0.335 e. The van der Waals surface area contributed by atoms with E-state index in [1.54, 1.807) is 12.1 Å². The van der Waals surface area contributed by atoms with Gasteiger partial charge in [-0.15, -0.1) is 0 Å². The van der Waals surface area contributed by atoms with Gasteiger partial charge in [0.2, 0.25) is 0 Å². The number of carbonyl (C=O) groups is 1. The van der Waals surface area contributed by atoms with Gasteiger partial charge in [-0.1, -0.05) is 52.3 Å². The second-order valence-corrected chi connectivity index (χ2v) is 15.5. The first-order valence-electron chi connectivity index (χ1n) is 16.3. The van der Waals surface area contributed by atoms with Gasteiger partial charge in [-0.25, -0.2) is 4.79 Å². The standard InChI is InChI=1S/C35H52O5/c1-5-23-29-16-22(36)12-14-34(29,4)28-13-15-33(3)26(10-11-27(33)30(28)31(23)37)20(2)17-35(40)18-21(19-35)24-8-6-7-9-25(24)32(38)39/h6-9,20-23,26-31,36-37,40H,5,10-19H2,1-4H3,(H,38,39)/t20-,21?,22-,23-,26-,27?,28?,29?,30?,31-,33?,34?,35?/m1/s1. The van der Waals surface area contributed by atoms with Crippen molar-refractivity contribution in [2.45, 2.75) is 122 Å². The summed E-state index contributed by atoms with van der Waals surface area (Å²) in [6, 6.07) is 7.26. The summed E-state index contributed by atoms with van der Waals surface area (Å²) >= 11 is 0. The van der Waals surface area contributed by atoms with Crippen LogP contribution in [0.5, 0.6) is 0 Å². The quantitative estimate of drug-likeness (QED) is 0.317. The summed E-state index contributed by atoms with van der Waals surface area (Å²) in [4.78, 5) is 11.7. The first-order chi connectivity index (χ1) is 18.9. The number of hydrogen-bond acceptors (Lipinski definition) is 4. The van der Waals surface area contributed by atoms with E-state index in [9.17, 15) is 25.2 Å². The molecular formula is C35H52O5. The average molecular weight is 553 g/mol. The van der Waals surface area contributed by atoms with Crippen LogP contribution in [-0.4, -0.2) is 44.2 Å². The van der Waals surface area contributed by atoms with Crippen molar-refractivity contribution in [1.29, 1.82) is 0 Å². The van der Waals surface area contributed by atoms with Gasteiger partial charge in [0.1, 0.15) is 0 Å². The Balaban J connectivity index is 1.17. The molecule has 1 aromatic rings. The fourth-order valence-electron chi connectivity index (χ4n) is 12.0. The predicted molar refractivity (Wildman–Crippen MR) is 156 cm³/mol. The van der Waals surface area contributed by atoms with Gasteiger partial charge in [0, 0.05) is 0 Å². The van der Waals surface area contributed by atoms with Crippen molar-refractivity contribution < 1.29 is 25.2 Å². The Morgan fingerprint density at radius 2 is 1.65 bits per heavy atom. The summed E-state index contributed by atoms with van der Waals surface area (Å²) in [5, 5.41) is 43.7. The van der Waals surface area contributed by atoms with E-state index < -0.39 is 11.6 Å². The molecule has 5 saturated carbocycles. The largest absolute Gasteiger partial charge is 0.478 e. The van der Waals surface area contributed by atoms with Crippen molar-refractivity contribution in [2.24, 2.45) is 52.3 Å². The normalized spacial score (nSPS) is 48.8. The van der Waals surface area contributed by atoms with Crippen LogP contribution in [-0.2, 0) is 0 Å². The lowest BCUT2D eigenvalue weighted by molar-refractivity contribution is -0.204. The average Bonchev–Trinajstić information content (AvgIpc) is 3.25. The molecule has 0 saturated heterocycles. The Hall–Kier alpha value is -1.43. The number of fused-ring (bicyclic) bond motifs is 5. The molecule has 0 radical (unpaired) electrons. The van der Waals surface area contributed by atoms with E-state index in [-0.39, 0.29) is 34.9 Å². The predicted octanol–water partition coefficient (Wildman–Crippen LogP) is 6.65. The molecule has 4 N–H and O–H groups in total. The van der Waals surface area contributed by atoms with E-state index in [0.717, 1.165) is 37.7 Å². The zero-order valence-electron chi connectivity index (χ0n) is 25.1. The molecule has 0 bridgehead atoms. The number of benzene rings is 1. The molecule has 0 aromatic heterocycles. The highest BCUT2D eigenvalue weighted by Crippen LogP contribution is 2.70. The summed E-state index contributed by atoms with van der Waals surface area (Å²) in [7, 11) is 0. The summed E-state index contributed by atoms with van der Waals surface area (Å²) in [5.41, 5.74) is 0.912. The topological polar surface area (TPSA) is 98.0 Å². The monoisotopic (exact) mass is 552 g/mol. The van der Waals surface area contributed by atoms with Crippen LogP contribution >= 0.6 is 0 Å². The smallest absolute Gasteiger partial charge is 0.335 e. The fourth-order valence-corrected chi connectivity index (χ4v) is 12.0. The van der Waals surface area contributed by atoms with Crippen LogP contribution in [0.25, 0.3) is 0 Å². The van der Waals surface area contributed by atoms with Crippen molar-refractivity contribution in [1.82, 2.24) is 0 Å². The second-order valence-electron chi connectivity index (χ2n) is 15.5. The highest BCUT2D eigenvalue weighted by molar-refractivity contribution is 5.89. The van der Waals surface area contributed by atoms with E-state index in [0.29, 0.717) is 53.9 Å². The number of hydrogen-bond donors (Lipinski definition) is 4. The van der Waals surface area contributed by atoms with Gasteiger partial charge >= 0.3 is 5.97 Å². The minimum Gasteiger partial charge on any atom is -0.478 e. The minimum absolute atomic E-state index is 0.109. The number of aliphatic hydroxyl groups is 3. The molecule has 5 fully saturated rings. The molecule has 6 rings (SSSR count). The highest BCUT2D eigenvalue weighted by atomic mass is 16.4. The number of aromatic carboxylic acids is 1. The third-order valence-electron chi connectivity index (χ3n) is 13.7. The highest BCUT2D eigenvalue weighted by Gasteiger charge is 2.65. The third kappa shape index (κ3) is 4.31. The number of aliphatic hydroxyl groups excluding tert-OH is 2. The molecule has 0 aliphatic heterocycles. The van der Waals surface area contributed by atoms with Crippen LogP contribution in [0.3, 0.4) is 0 Å². The lowest BCUT2D eigenvalue weighted by Gasteiger charge is -2.64. The molecule has 5 nitrogen and oxygen atoms in total. The van der Waals surface area contributed by atoms with Crippen molar-refractivity contribution in [2.75, 3.05) is 0 Å². The molecule has 222 valence electrons. The molecule has 5 aliphatic carbocycles. The van der Waals surface area contributed by atoms with Crippen LogP contribution in [0.15, 0.2) is 24.3 Å². The lowest BCUT2D eigenvalue weighted by atomic mass is 9.41. The maximum absolute atomic E-state index is 12.0. The van der Waals surface area contributed by atoms with Crippen LogP contribution in [0.2, 0.25) is 0 Å².